The van der Waals surface area contributed by atoms with E-state index in [4.69, 9.17) is 4.74 Å². The van der Waals surface area contributed by atoms with Gasteiger partial charge in [0, 0.05) is 33.2 Å². The number of nitrogens with zero attached hydrogens (tertiary/aromatic N) is 4. The lowest BCUT2D eigenvalue weighted by atomic mass is 10.00. The molecule has 2 heterocycles. The first kappa shape index (κ1) is 34.1. The van der Waals surface area contributed by atoms with Gasteiger partial charge in [-0.25, -0.2) is 4.79 Å². The van der Waals surface area contributed by atoms with Gasteiger partial charge in [-0.1, -0.05) is 103 Å². The predicted molar refractivity (Wildman–Crippen MR) is 195 cm³/mol. The van der Waals surface area contributed by atoms with E-state index in [1.165, 1.54) is 11.1 Å². The van der Waals surface area contributed by atoms with E-state index >= 15 is 0 Å². The maximum absolute atomic E-state index is 13.7. The van der Waals surface area contributed by atoms with Crippen molar-refractivity contribution in [1.82, 2.24) is 18.9 Å². The Morgan fingerprint density at radius 1 is 0.755 bits per heavy atom. The van der Waals surface area contributed by atoms with Crippen molar-refractivity contribution in [3.63, 3.8) is 0 Å². The Bertz CT molecular complexity index is 1880. The van der Waals surface area contributed by atoms with Gasteiger partial charge in [0.15, 0.2) is 0 Å². The van der Waals surface area contributed by atoms with E-state index in [2.05, 4.69) is 53.4 Å². The second-order valence-corrected chi connectivity index (χ2v) is 13.0. The number of aryl methyl sites for hydroxylation is 1. The number of rotatable bonds is 14. The zero-order valence-corrected chi connectivity index (χ0v) is 28.3. The summed E-state index contributed by atoms with van der Waals surface area (Å²) in [7, 11) is 1.72. The Labute approximate surface area is 288 Å². The summed E-state index contributed by atoms with van der Waals surface area (Å²) < 4.78 is 9.50. The molecule has 1 aliphatic heterocycles. The number of hydrogen-bond donors (Lipinski definition) is 0. The number of carbonyl (C=O) groups excluding carboxylic acids is 1. The maximum atomic E-state index is 13.7. The first-order chi connectivity index (χ1) is 24.0. The Morgan fingerprint density at radius 2 is 1.33 bits per heavy atom. The van der Waals surface area contributed by atoms with Gasteiger partial charge >= 0.3 is 5.69 Å². The van der Waals surface area contributed by atoms with Crippen LogP contribution < -0.4 is 11.2 Å². The van der Waals surface area contributed by atoms with Crippen LogP contribution in [0.3, 0.4) is 0 Å². The number of amides is 1. The molecule has 0 atom stereocenters. The second-order valence-electron chi connectivity index (χ2n) is 13.0. The standard InChI is InChI=1S/C41H46N4O4/c1-42(28-23-32-15-5-2-6-16-32)38(46)31-45-40(47)36-21-11-12-22-37(36)44(41(45)48)27-14-13-26-43-29-24-35(25-30-43)49-39(33-17-7-3-8-18-33)34-19-9-4-10-20-34/h2-12,15-22,35,39H,13-14,23-31H2,1H3. The van der Waals surface area contributed by atoms with Gasteiger partial charge in [0.25, 0.3) is 5.56 Å². The highest BCUT2D eigenvalue weighted by Crippen LogP contribution is 2.30. The van der Waals surface area contributed by atoms with Gasteiger partial charge in [0.2, 0.25) is 5.91 Å². The zero-order valence-electron chi connectivity index (χ0n) is 28.3. The average molecular weight is 659 g/mol. The van der Waals surface area contributed by atoms with Gasteiger partial charge in [-0.15, -0.1) is 0 Å². The highest BCUT2D eigenvalue weighted by molar-refractivity contribution is 5.79. The summed E-state index contributed by atoms with van der Waals surface area (Å²) in [5.41, 5.74) is 3.23. The molecule has 6 rings (SSSR count). The molecule has 254 valence electrons. The number of benzene rings is 4. The monoisotopic (exact) mass is 658 g/mol. The van der Waals surface area contributed by atoms with Crippen LogP contribution in [0.1, 0.15) is 48.5 Å². The summed E-state index contributed by atoms with van der Waals surface area (Å²) >= 11 is 0. The molecule has 0 aliphatic carbocycles. The molecule has 1 aliphatic rings. The van der Waals surface area contributed by atoms with E-state index in [0.29, 0.717) is 30.4 Å². The highest BCUT2D eigenvalue weighted by atomic mass is 16.5. The smallest absolute Gasteiger partial charge is 0.331 e. The number of fused-ring (bicyclic) bond motifs is 1. The molecule has 8 nitrogen and oxygen atoms in total. The number of carbonyl (C=O) groups is 1. The van der Waals surface area contributed by atoms with E-state index in [-0.39, 0.29) is 24.7 Å². The Hall–Kier alpha value is -4.79. The predicted octanol–water partition coefficient (Wildman–Crippen LogP) is 5.92. The molecule has 1 saturated heterocycles. The minimum absolute atomic E-state index is 0.0830. The van der Waals surface area contributed by atoms with Crippen LogP contribution in [0.2, 0.25) is 0 Å². The van der Waals surface area contributed by atoms with Gasteiger partial charge in [-0.3, -0.25) is 18.7 Å². The third-order valence-electron chi connectivity index (χ3n) is 9.60. The molecule has 0 N–H and O–H groups in total. The maximum Gasteiger partial charge on any atom is 0.331 e. The van der Waals surface area contributed by atoms with Crippen LogP contribution in [0.4, 0.5) is 0 Å². The van der Waals surface area contributed by atoms with Crippen LogP contribution in [0.5, 0.6) is 0 Å². The lowest BCUT2D eigenvalue weighted by molar-refractivity contribution is -0.130. The van der Waals surface area contributed by atoms with Gasteiger partial charge < -0.3 is 14.5 Å². The van der Waals surface area contributed by atoms with Crippen molar-refractivity contribution in [2.45, 2.75) is 57.4 Å². The van der Waals surface area contributed by atoms with Crippen LogP contribution >= 0.6 is 0 Å². The molecule has 0 spiro atoms. The van der Waals surface area contributed by atoms with Crippen molar-refractivity contribution in [3.05, 3.63) is 153 Å². The molecule has 8 heteroatoms. The van der Waals surface area contributed by atoms with Gasteiger partial charge in [-0.2, -0.15) is 0 Å². The van der Waals surface area contributed by atoms with Crippen molar-refractivity contribution in [3.8, 4) is 0 Å². The fourth-order valence-corrected chi connectivity index (χ4v) is 6.72. The second kappa shape index (κ2) is 16.5. The summed E-state index contributed by atoms with van der Waals surface area (Å²) in [5, 5.41) is 0.452. The fraction of sp³-hybridized carbons (Fsp3) is 0.341. The fourth-order valence-electron chi connectivity index (χ4n) is 6.72. The van der Waals surface area contributed by atoms with Crippen molar-refractivity contribution in [1.29, 1.82) is 0 Å². The van der Waals surface area contributed by atoms with Crippen molar-refractivity contribution in [2.24, 2.45) is 0 Å². The first-order valence-corrected chi connectivity index (χ1v) is 17.5. The third kappa shape index (κ3) is 8.63. The molecule has 0 unspecified atom stereocenters. The summed E-state index contributed by atoms with van der Waals surface area (Å²) in [6, 6.07) is 38.0. The molecule has 0 saturated carbocycles. The zero-order chi connectivity index (χ0) is 34.0. The highest BCUT2D eigenvalue weighted by Gasteiger charge is 2.25. The number of likely N-dealkylation sites (tertiary alicyclic amines) is 1. The number of unbranched alkanes of at least 4 members (excludes halogenated alkanes) is 1. The number of likely N-dealkylation sites (N-methyl/N-ethyl adjacent to an activating group) is 1. The minimum atomic E-state index is -0.433. The van der Waals surface area contributed by atoms with Crippen molar-refractivity contribution >= 4 is 16.8 Å². The van der Waals surface area contributed by atoms with E-state index in [9.17, 15) is 14.4 Å². The summed E-state index contributed by atoms with van der Waals surface area (Å²) in [6.07, 6.45) is 4.45. The average Bonchev–Trinajstić information content (AvgIpc) is 3.15. The SMILES string of the molecule is CN(CCc1ccccc1)C(=O)Cn1c(=O)c2ccccc2n(CCCCN2CCC(OC(c3ccccc3)c3ccccc3)CC2)c1=O. The van der Waals surface area contributed by atoms with E-state index in [1.807, 2.05) is 54.6 Å². The topological polar surface area (TPSA) is 76.8 Å². The number of ether oxygens (including phenoxy) is 1. The van der Waals surface area contributed by atoms with E-state index in [1.54, 1.807) is 28.6 Å². The molecule has 1 amide bonds. The van der Waals surface area contributed by atoms with Crippen LogP contribution in [0, 0.1) is 0 Å². The summed E-state index contributed by atoms with van der Waals surface area (Å²) in [4.78, 5) is 44.3. The Balaban J connectivity index is 1.03. The number of hydrogen-bond acceptors (Lipinski definition) is 5. The van der Waals surface area contributed by atoms with Crippen LogP contribution in [0.25, 0.3) is 10.9 Å². The number of para-hydroxylation sites is 1. The molecule has 4 aromatic carbocycles. The molecule has 0 radical (unpaired) electrons. The first-order valence-electron chi connectivity index (χ1n) is 17.5. The lowest BCUT2D eigenvalue weighted by Crippen LogP contribution is -2.44. The number of aromatic nitrogens is 2. The van der Waals surface area contributed by atoms with Crippen molar-refractivity contribution < 1.29 is 9.53 Å². The molecule has 49 heavy (non-hydrogen) atoms. The quantitative estimate of drug-likeness (QED) is 0.139. The Kier molecular flexibility index (Phi) is 11.5. The van der Waals surface area contributed by atoms with Gasteiger partial charge in [0.05, 0.1) is 17.0 Å². The molecular formula is C41H46N4O4. The third-order valence-corrected chi connectivity index (χ3v) is 9.60. The van der Waals surface area contributed by atoms with E-state index < -0.39 is 11.2 Å². The van der Waals surface area contributed by atoms with Crippen molar-refractivity contribution in [2.75, 3.05) is 33.2 Å². The van der Waals surface area contributed by atoms with E-state index in [0.717, 1.165) is 55.4 Å². The lowest BCUT2D eigenvalue weighted by Gasteiger charge is -2.34. The normalized spacial score (nSPS) is 14.0. The van der Waals surface area contributed by atoms with Crippen LogP contribution in [-0.2, 0) is 29.0 Å². The van der Waals surface area contributed by atoms with Gasteiger partial charge in [0.1, 0.15) is 12.6 Å². The minimum Gasteiger partial charge on any atom is -0.365 e. The molecular weight excluding hydrogens is 612 g/mol. The summed E-state index contributed by atoms with van der Waals surface area (Å²) in [6.45, 7) is 3.57. The molecule has 5 aromatic rings. The molecule has 0 bridgehead atoms. The number of piperidine rings is 1. The molecule has 1 fully saturated rings. The molecule has 1 aromatic heterocycles. The van der Waals surface area contributed by atoms with Crippen LogP contribution in [0.15, 0.2) is 125 Å². The Morgan fingerprint density at radius 3 is 1.98 bits per heavy atom. The van der Waals surface area contributed by atoms with Crippen LogP contribution in [-0.4, -0.2) is 64.2 Å². The largest absolute Gasteiger partial charge is 0.365 e. The summed E-state index contributed by atoms with van der Waals surface area (Å²) in [5.74, 6) is -0.261. The van der Waals surface area contributed by atoms with Gasteiger partial charge in [-0.05, 0) is 67.5 Å².